The normalized spacial score (nSPS) is 27.2. The van der Waals surface area contributed by atoms with Crippen molar-refractivity contribution in [1.29, 1.82) is 0 Å². The Balaban J connectivity index is 2.93. The van der Waals surface area contributed by atoms with Crippen LogP contribution < -0.4 is 0 Å². The van der Waals surface area contributed by atoms with Crippen LogP contribution in [-0.2, 0) is 4.74 Å². The molecule has 1 aliphatic rings. The van der Waals surface area contributed by atoms with Gasteiger partial charge in [0.2, 0.25) is 0 Å². The van der Waals surface area contributed by atoms with Crippen molar-refractivity contribution in [3.8, 4) is 12.3 Å². The van der Waals surface area contributed by atoms with E-state index < -0.39 is 11.7 Å². The smallest absolute Gasteiger partial charge is 0.407 e. The molecule has 1 heterocycles. The average Bonchev–Trinajstić information content (AvgIpc) is 2.16. The zero-order valence-electron chi connectivity index (χ0n) is 9.41. The zero-order chi connectivity index (χ0) is 11.7. The van der Waals surface area contributed by atoms with Crippen molar-refractivity contribution in [3.05, 3.63) is 0 Å². The van der Waals surface area contributed by atoms with Gasteiger partial charge in [-0.2, -0.15) is 0 Å². The second kappa shape index (κ2) is 3.74. The highest BCUT2D eigenvalue weighted by Gasteiger charge is 2.46. The van der Waals surface area contributed by atoms with Crippen LogP contribution in [0.4, 0.5) is 4.79 Å². The minimum atomic E-state index is -0.942. The molecule has 4 nitrogen and oxygen atoms in total. The van der Waals surface area contributed by atoms with Crippen molar-refractivity contribution in [2.75, 3.05) is 19.7 Å². The summed E-state index contributed by atoms with van der Waals surface area (Å²) in [7, 11) is 0. The molecule has 1 fully saturated rings. The fourth-order valence-electron chi connectivity index (χ4n) is 1.64. The van der Waals surface area contributed by atoms with E-state index in [0.29, 0.717) is 13.2 Å². The molecule has 0 saturated carbocycles. The molecule has 0 unspecified atom stereocenters. The van der Waals surface area contributed by atoms with Gasteiger partial charge in [0.05, 0.1) is 13.2 Å². The number of morpholine rings is 1. The number of nitrogens with zero attached hydrogens (tertiary/aromatic N) is 1. The number of rotatable bonds is 0. The summed E-state index contributed by atoms with van der Waals surface area (Å²) in [5.41, 5.74) is -1.10. The van der Waals surface area contributed by atoms with E-state index >= 15 is 0 Å². The number of terminal acetylenes is 1. The summed E-state index contributed by atoms with van der Waals surface area (Å²) in [6.45, 7) is 6.85. The van der Waals surface area contributed by atoms with Gasteiger partial charge in [0.15, 0.2) is 5.60 Å². The third kappa shape index (κ3) is 2.07. The molecule has 0 aromatic heterocycles. The standard InChI is InChI=1S/C11H17NO3/c1-5-11(10(2,3)4)8-12(9(13)14)6-7-15-11/h1H,6-8H2,2-4H3,(H,13,14)/t11-/m1/s1. The molecule has 1 N–H and O–H groups in total. The van der Waals surface area contributed by atoms with E-state index in [-0.39, 0.29) is 12.0 Å². The molecule has 15 heavy (non-hydrogen) atoms. The summed E-state index contributed by atoms with van der Waals surface area (Å²) in [6.07, 6.45) is 4.55. The topological polar surface area (TPSA) is 49.8 Å². The van der Waals surface area contributed by atoms with Gasteiger partial charge in [0.25, 0.3) is 0 Å². The first-order chi connectivity index (χ1) is 6.82. The number of ether oxygens (including phenoxy) is 1. The minimum absolute atomic E-state index is 0.238. The fourth-order valence-corrected chi connectivity index (χ4v) is 1.64. The summed E-state index contributed by atoms with van der Waals surface area (Å²) in [5, 5.41) is 8.93. The van der Waals surface area contributed by atoms with E-state index in [2.05, 4.69) is 5.92 Å². The van der Waals surface area contributed by atoms with E-state index in [1.807, 2.05) is 20.8 Å². The number of carbonyl (C=O) groups is 1. The molecular formula is C11H17NO3. The van der Waals surface area contributed by atoms with Crippen molar-refractivity contribution in [2.45, 2.75) is 26.4 Å². The molecule has 84 valence electrons. The number of carboxylic acid groups (broad SMARTS) is 1. The van der Waals surface area contributed by atoms with Crippen molar-refractivity contribution in [1.82, 2.24) is 4.90 Å². The van der Waals surface area contributed by atoms with E-state index in [9.17, 15) is 4.79 Å². The van der Waals surface area contributed by atoms with Crippen LogP contribution in [0, 0.1) is 17.8 Å². The maximum atomic E-state index is 10.9. The van der Waals surface area contributed by atoms with Gasteiger partial charge in [-0.15, -0.1) is 6.42 Å². The Morgan fingerprint density at radius 2 is 2.20 bits per heavy atom. The van der Waals surface area contributed by atoms with E-state index in [4.69, 9.17) is 16.3 Å². The van der Waals surface area contributed by atoms with Crippen LogP contribution in [0.5, 0.6) is 0 Å². The van der Waals surface area contributed by atoms with Gasteiger partial charge >= 0.3 is 6.09 Å². The maximum Gasteiger partial charge on any atom is 0.407 e. The van der Waals surface area contributed by atoms with Crippen LogP contribution in [0.3, 0.4) is 0 Å². The predicted molar refractivity (Wildman–Crippen MR) is 56.6 cm³/mol. The lowest BCUT2D eigenvalue weighted by Crippen LogP contribution is -2.58. The highest BCUT2D eigenvalue weighted by Crippen LogP contribution is 2.36. The summed E-state index contributed by atoms with van der Waals surface area (Å²) >= 11 is 0. The van der Waals surface area contributed by atoms with Crippen LogP contribution in [0.25, 0.3) is 0 Å². The lowest BCUT2D eigenvalue weighted by Gasteiger charge is -2.46. The Labute approximate surface area is 90.2 Å². The third-order valence-corrected chi connectivity index (χ3v) is 2.84. The minimum Gasteiger partial charge on any atom is -0.465 e. The van der Waals surface area contributed by atoms with Gasteiger partial charge in [0, 0.05) is 12.0 Å². The fraction of sp³-hybridized carbons (Fsp3) is 0.727. The summed E-state index contributed by atoms with van der Waals surface area (Å²) in [5.74, 6) is 2.62. The van der Waals surface area contributed by atoms with E-state index in [1.54, 1.807) is 0 Å². The first-order valence-electron chi connectivity index (χ1n) is 4.92. The molecule has 1 atom stereocenters. The Morgan fingerprint density at radius 3 is 2.60 bits per heavy atom. The molecule has 0 radical (unpaired) electrons. The van der Waals surface area contributed by atoms with Crippen molar-refractivity contribution >= 4 is 6.09 Å². The lowest BCUT2D eigenvalue weighted by atomic mass is 9.76. The molecule has 0 spiro atoms. The third-order valence-electron chi connectivity index (χ3n) is 2.84. The van der Waals surface area contributed by atoms with Crippen molar-refractivity contribution < 1.29 is 14.6 Å². The van der Waals surface area contributed by atoms with Gasteiger partial charge in [-0.05, 0) is 0 Å². The second-order valence-corrected chi connectivity index (χ2v) is 4.77. The predicted octanol–water partition coefficient (Wildman–Crippen LogP) is 1.41. The maximum absolute atomic E-state index is 10.9. The lowest BCUT2D eigenvalue weighted by molar-refractivity contribution is -0.120. The van der Waals surface area contributed by atoms with Gasteiger partial charge in [0.1, 0.15) is 0 Å². The Morgan fingerprint density at radius 1 is 1.60 bits per heavy atom. The van der Waals surface area contributed by atoms with Crippen LogP contribution in [0.2, 0.25) is 0 Å². The van der Waals surface area contributed by atoms with Gasteiger partial charge in [-0.3, -0.25) is 0 Å². The average molecular weight is 211 g/mol. The van der Waals surface area contributed by atoms with Crippen molar-refractivity contribution in [3.63, 3.8) is 0 Å². The molecule has 1 rings (SSSR count). The number of hydrogen-bond acceptors (Lipinski definition) is 2. The highest BCUT2D eigenvalue weighted by molar-refractivity contribution is 5.65. The Hall–Kier alpha value is -1.21. The van der Waals surface area contributed by atoms with Gasteiger partial charge in [-0.1, -0.05) is 26.7 Å². The SMILES string of the molecule is C#C[C@]1(C(C)(C)C)CN(C(=O)O)CCO1. The second-order valence-electron chi connectivity index (χ2n) is 4.77. The summed E-state index contributed by atoms with van der Waals surface area (Å²) in [4.78, 5) is 12.2. The van der Waals surface area contributed by atoms with Crippen LogP contribution in [0.15, 0.2) is 0 Å². The first-order valence-corrected chi connectivity index (χ1v) is 4.92. The monoisotopic (exact) mass is 211 g/mol. The molecule has 1 saturated heterocycles. The molecule has 4 heteroatoms. The Bertz CT molecular complexity index is 300. The van der Waals surface area contributed by atoms with Gasteiger partial charge < -0.3 is 14.7 Å². The molecular weight excluding hydrogens is 194 g/mol. The molecule has 0 aliphatic carbocycles. The molecule has 0 aromatic rings. The number of amides is 1. The van der Waals surface area contributed by atoms with Crippen LogP contribution in [0.1, 0.15) is 20.8 Å². The summed E-state index contributed by atoms with van der Waals surface area (Å²) < 4.78 is 5.62. The van der Waals surface area contributed by atoms with Gasteiger partial charge in [-0.25, -0.2) is 4.79 Å². The summed E-state index contributed by atoms with van der Waals surface area (Å²) in [6, 6.07) is 0. The van der Waals surface area contributed by atoms with Crippen molar-refractivity contribution in [2.24, 2.45) is 5.41 Å². The molecule has 1 aliphatic heterocycles. The van der Waals surface area contributed by atoms with Crippen LogP contribution in [-0.4, -0.2) is 41.4 Å². The Kier molecular flexibility index (Phi) is 2.96. The van der Waals surface area contributed by atoms with E-state index in [0.717, 1.165) is 0 Å². The highest BCUT2D eigenvalue weighted by atomic mass is 16.5. The largest absolute Gasteiger partial charge is 0.465 e. The van der Waals surface area contributed by atoms with Crippen LogP contribution >= 0.6 is 0 Å². The number of hydrogen-bond donors (Lipinski definition) is 1. The molecule has 1 amide bonds. The quantitative estimate of drug-likeness (QED) is 0.616. The van der Waals surface area contributed by atoms with E-state index in [1.165, 1.54) is 4.90 Å². The zero-order valence-corrected chi connectivity index (χ0v) is 9.41. The molecule has 0 aromatic carbocycles. The molecule has 0 bridgehead atoms. The first kappa shape index (κ1) is 11.9.